The molecule has 4 atom stereocenters. The second-order valence-corrected chi connectivity index (χ2v) is 7.89. The Morgan fingerprint density at radius 1 is 1.27 bits per heavy atom. The Bertz CT molecular complexity index is 763. The molecule has 0 spiro atoms. The van der Waals surface area contributed by atoms with E-state index in [1.54, 1.807) is 13.8 Å². The number of nitrogens with two attached hydrogens (primary N) is 1. The maximum Gasteiger partial charge on any atom is 0.326 e. The molecule has 1 aliphatic rings. The van der Waals surface area contributed by atoms with Crippen molar-refractivity contribution in [1.82, 2.24) is 25.5 Å². The zero-order chi connectivity index (χ0) is 22.4. The first-order valence-corrected chi connectivity index (χ1v) is 9.98. The molecule has 1 saturated heterocycles. The van der Waals surface area contributed by atoms with Gasteiger partial charge in [0.25, 0.3) is 0 Å². The fourth-order valence-corrected chi connectivity index (χ4v) is 3.36. The molecule has 3 amide bonds. The number of rotatable bonds is 9. The van der Waals surface area contributed by atoms with Gasteiger partial charge in [-0.15, -0.1) is 0 Å². The number of aliphatic carboxylic acids is 1. The second-order valence-electron chi connectivity index (χ2n) is 7.89. The molecule has 6 N–H and O–H groups in total. The first-order chi connectivity index (χ1) is 14.1. The van der Waals surface area contributed by atoms with Gasteiger partial charge in [0.15, 0.2) is 0 Å². The summed E-state index contributed by atoms with van der Waals surface area (Å²) in [5.41, 5.74) is 6.22. The Kier molecular flexibility index (Phi) is 7.93. The van der Waals surface area contributed by atoms with Crippen LogP contribution in [0.5, 0.6) is 0 Å². The number of likely N-dealkylation sites (tertiary alicyclic amines) is 1. The summed E-state index contributed by atoms with van der Waals surface area (Å²) in [5, 5.41) is 14.7. The highest BCUT2D eigenvalue weighted by atomic mass is 16.4. The molecule has 2 rings (SSSR count). The fraction of sp³-hybridized carbons (Fsp3) is 0.632. The molecular weight excluding hydrogens is 392 g/mol. The monoisotopic (exact) mass is 422 g/mol. The smallest absolute Gasteiger partial charge is 0.326 e. The third-order valence-corrected chi connectivity index (χ3v) is 5.08. The number of carboxylic acids is 1. The normalized spacial score (nSPS) is 19.2. The standard InChI is InChI=1S/C19H30N6O5/c1-10(2)15(18(28)25-6-4-5-14(25)19(29)30)24-17(27)13(23-16(26)11(3)20)7-12-8-21-9-22-12/h8-11,13-15H,4-7,20H2,1-3H3,(H,21,22)(H,23,26)(H,24,27)(H,29,30). The van der Waals surface area contributed by atoms with E-state index in [1.165, 1.54) is 24.3 Å². The number of amides is 3. The molecule has 4 unspecified atom stereocenters. The van der Waals surface area contributed by atoms with Gasteiger partial charge in [0.2, 0.25) is 17.7 Å². The van der Waals surface area contributed by atoms with Crippen molar-refractivity contribution in [2.75, 3.05) is 6.54 Å². The highest BCUT2D eigenvalue weighted by Gasteiger charge is 2.39. The summed E-state index contributed by atoms with van der Waals surface area (Å²) in [6.45, 7) is 5.35. The molecule has 2 heterocycles. The van der Waals surface area contributed by atoms with E-state index < -0.39 is 47.9 Å². The minimum atomic E-state index is -1.06. The van der Waals surface area contributed by atoms with Gasteiger partial charge in [0.05, 0.1) is 12.4 Å². The van der Waals surface area contributed by atoms with E-state index in [-0.39, 0.29) is 12.3 Å². The number of imidazole rings is 1. The molecule has 0 aromatic carbocycles. The van der Waals surface area contributed by atoms with Gasteiger partial charge in [-0.3, -0.25) is 14.4 Å². The van der Waals surface area contributed by atoms with Crippen molar-refractivity contribution in [1.29, 1.82) is 0 Å². The fourth-order valence-electron chi connectivity index (χ4n) is 3.36. The molecule has 30 heavy (non-hydrogen) atoms. The van der Waals surface area contributed by atoms with Crippen LogP contribution < -0.4 is 16.4 Å². The van der Waals surface area contributed by atoms with Gasteiger partial charge in [0.1, 0.15) is 18.1 Å². The number of hydrogen-bond donors (Lipinski definition) is 5. The van der Waals surface area contributed by atoms with E-state index in [1.807, 2.05) is 0 Å². The van der Waals surface area contributed by atoms with Crippen LogP contribution in [-0.2, 0) is 25.6 Å². The van der Waals surface area contributed by atoms with E-state index in [0.29, 0.717) is 25.1 Å². The van der Waals surface area contributed by atoms with Crippen LogP contribution in [0.1, 0.15) is 39.3 Å². The number of aromatic amines is 1. The minimum Gasteiger partial charge on any atom is -0.480 e. The van der Waals surface area contributed by atoms with Gasteiger partial charge in [-0.2, -0.15) is 0 Å². The number of carbonyl (C=O) groups is 4. The topological polar surface area (TPSA) is 171 Å². The number of carbonyl (C=O) groups excluding carboxylic acids is 3. The van der Waals surface area contributed by atoms with Gasteiger partial charge >= 0.3 is 5.97 Å². The third-order valence-electron chi connectivity index (χ3n) is 5.08. The van der Waals surface area contributed by atoms with E-state index in [4.69, 9.17) is 5.73 Å². The highest BCUT2D eigenvalue weighted by molar-refractivity contribution is 5.94. The lowest BCUT2D eigenvalue weighted by Crippen LogP contribution is -2.58. The molecule has 0 bridgehead atoms. The van der Waals surface area contributed by atoms with E-state index in [0.717, 1.165) is 0 Å². The molecular formula is C19H30N6O5. The number of nitrogens with zero attached hydrogens (tertiary/aromatic N) is 2. The lowest BCUT2D eigenvalue weighted by atomic mass is 10.0. The molecule has 11 nitrogen and oxygen atoms in total. The predicted molar refractivity (Wildman–Crippen MR) is 107 cm³/mol. The minimum absolute atomic E-state index is 0.130. The lowest BCUT2D eigenvalue weighted by molar-refractivity contribution is -0.150. The van der Waals surface area contributed by atoms with Crippen molar-refractivity contribution in [2.45, 2.75) is 64.2 Å². The summed E-state index contributed by atoms with van der Waals surface area (Å²) < 4.78 is 0. The van der Waals surface area contributed by atoms with Gasteiger partial charge < -0.3 is 31.4 Å². The zero-order valence-electron chi connectivity index (χ0n) is 17.4. The first kappa shape index (κ1) is 23.3. The summed E-state index contributed by atoms with van der Waals surface area (Å²) >= 11 is 0. The average Bonchev–Trinajstić information content (AvgIpc) is 3.36. The lowest BCUT2D eigenvalue weighted by Gasteiger charge is -2.30. The molecule has 1 aliphatic heterocycles. The third kappa shape index (κ3) is 5.78. The van der Waals surface area contributed by atoms with Gasteiger partial charge in [-0.25, -0.2) is 9.78 Å². The van der Waals surface area contributed by atoms with Crippen molar-refractivity contribution >= 4 is 23.7 Å². The summed E-state index contributed by atoms with van der Waals surface area (Å²) in [4.78, 5) is 57.6. The summed E-state index contributed by atoms with van der Waals surface area (Å²) in [6, 6.07) is -3.61. The van der Waals surface area contributed by atoms with E-state index >= 15 is 0 Å². The molecule has 166 valence electrons. The van der Waals surface area contributed by atoms with Crippen LogP contribution in [0.2, 0.25) is 0 Å². The van der Waals surface area contributed by atoms with Gasteiger partial charge in [-0.1, -0.05) is 13.8 Å². The number of hydrogen-bond acceptors (Lipinski definition) is 6. The highest BCUT2D eigenvalue weighted by Crippen LogP contribution is 2.20. The van der Waals surface area contributed by atoms with Gasteiger partial charge in [0, 0.05) is 24.9 Å². The van der Waals surface area contributed by atoms with Crippen molar-refractivity contribution in [2.24, 2.45) is 11.7 Å². The SMILES string of the molecule is CC(N)C(=O)NC(Cc1cnc[nH]1)C(=O)NC(C(=O)N1CCCC1C(=O)O)C(C)C. The summed E-state index contributed by atoms with van der Waals surface area (Å²) in [6.07, 6.45) is 4.09. The Morgan fingerprint density at radius 3 is 2.50 bits per heavy atom. The predicted octanol–water partition coefficient (Wildman–Crippen LogP) is -0.999. The van der Waals surface area contributed by atoms with Crippen LogP contribution in [0.4, 0.5) is 0 Å². The maximum absolute atomic E-state index is 13.0. The van der Waals surface area contributed by atoms with Crippen LogP contribution in [0, 0.1) is 5.92 Å². The van der Waals surface area contributed by atoms with Crippen LogP contribution in [0.3, 0.4) is 0 Å². The molecule has 1 fully saturated rings. The maximum atomic E-state index is 13.0. The quantitative estimate of drug-likeness (QED) is 0.340. The Labute approximate surface area is 174 Å². The molecule has 0 saturated carbocycles. The molecule has 1 aromatic rings. The van der Waals surface area contributed by atoms with E-state index in [9.17, 15) is 24.3 Å². The molecule has 11 heteroatoms. The van der Waals surface area contributed by atoms with Crippen molar-refractivity contribution in [3.05, 3.63) is 18.2 Å². The number of aromatic nitrogens is 2. The van der Waals surface area contributed by atoms with Crippen molar-refractivity contribution in [3.8, 4) is 0 Å². The van der Waals surface area contributed by atoms with Crippen molar-refractivity contribution < 1.29 is 24.3 Å². The summed E-state index contributed by atoms with van der Waals surface area (Å²) in [7, 11) is 0. The second kappa shape index (κ2) is 10.2. The first-order valence-electron chi connectivity index (χ1n) is 9.98. The molecule has 0 aliphatic carbocycles. The largest absolute Gasteiger partial charge is 0.480 e. The number of nitrogens with one attached hydrogen (secondary N) is 3. The van der Waals surface area contributed by atoms with E-state index in [2.05, 4.69) is 20.6 Å². The van der Waals surface area contributed by atoms with Gasteiger partial charge in [-0.05, 0) is 25.7 Å². The van der Waals surface area contributed by atoms with Crippen LogP contribution in [0.25, 0.3) is 0 Å². The summed E-state index contributed by atoms with van der Waals surface area (Å²) in [5.74, 6) is -2.85. The Hall–Kier alpha value is -2.95. The molecule has 0 radical (unpaired) electrons. The van der Waals surface area contributed by atoms with Crippen LogP contribution >= 0.6 is 0 Å². The van der Waals surface area contributed by atoms with Crippen LogP contribution in [0.15, 0.2) is 12.5 Å². The Morgan fingerprint density at radius 2 is 1.97 bits per heavy atom. The number of H-pyrrole nitrogens is 1. The zero-order valence-corrected chi connectivity index (χ0v) is 17.4. The number of carboxylic acid groups (broad SMARTS) is 1. The molecule has 1 aromatic heterocycles. The van der Waals surface area contributed by atoms with Crippen LogP contribution in [-0.4, -0.2) is 74.4 Å². The Balaban J connectivity index is 2.17. The van der Waals surface area contributed by atoms with Crippen molar-refractivity contribution in [3.63, 3.8) is 0 Å². The average molecular weight is 422 g/mol.